The Balaban J connectivity index is 1.48. The molecule has 0 unspecified atom stereocenters. The van der Waals surface area contributed by atoms with Crippen molar-refractivity contribution in [2.45, 2.75) is 12.8 Å². The van der Waals surface area contributed by atoms with Crippen molar-refractivity contribution in [2.24, 2.45) is 0 Å². The molecule has 0 spiro atoms. The summed E-state index contributed by atoms with van der Waals surface area (Å²) in [4.78, 5) is 19.4. The molecule has 3 rings (SSSR count). The van der Waals surface area contributed by atoms with Crippen LogP contribution in [-0.4, -0.2) is 29.0 Å². The van der Waals surface area contributed by atoms with Crippen LogP contribution in [0.2, 0.25) is 0 Å². The van der Waals surface area contributed by atoms with Gasteiger partial charge in [-0.15, -0.1) is 0 Å². The number of hydrogen-bond acceptors (Lipinski definition) is 4. The molecule has 2 aromatic carbocycles. The molecule has 32 heavy (non-hydrogen) atoms. The average Bonchev–Trinajstić information content (AvgIpc) is 3.33. The largest absolute Gasteiger partial charge is 0.493 e. The van der Waals surface area contributed by atoms with Crippen LogP contribution in [0.15, 0.2) is 97.5 Å². The number of para-hydroxylation sites is 2. The second kappa shape index (κ2) is 12.0. The first-order valence-corrected chi connectivity index (χ1v) is 10.5. The fourth-order valence-electron chi connectivity index (χ4n) is 3.18. The number of nitrogens with one attached hydrogen (secondary N) is 2. The number of rotatable bonds is 11. The number of aromatic amines is 1. The van der Waals surface area contributed by atoms with Crippen molar-refractivity contribution < 1.29 is 9.53 Å². The number of imidazole rings is 1. The van der Waals surface area contributed by atoms with Crippen molar-refractivity contribution in [3.8, 4) is 17.0 Å². The number of aromatic nitrogens is 2. The normalized spacial score (nSPS) is 11.4. The molecule has 0 aliphatic carbocycles. The predicted molar refractivity (Wildman–Crippen MR) is 129 cm³/mol. The third-order valence-corrected chi connectivity index (χ3v) is 4.80. The maximum Gasteiger partial charge on any atom is 0.224 e. The number of nitrogen functional groups attached to an aromatic ring is 1. The van der Waals surface area contributed by atoms with Crippen LogP contribution in [0.1, 0.15) is 12.0 Å². The molecule has 0 saturated heterocycles. The van der Waals surface area contributed by atoms with Crippen LogP contribution in [0.5, 0.6) is 5.75 Å². The lowest BCUT2D eigenvalue weighted by Crippen LogP contribution is -2.25. The molecule has 0 bridgehead atoms. The minimum absolute atomic E-state index is 0.0693. The Bertz CT molecular complexity index is 1080. The van der Waals surface area contributed by atoms with Crippen molar-refractivity contribution in [1.82, 2.24) is 15.3 Å². The summed E-state index contributed by atoms with van der Waals surface area (Å²) in [5.74, 6) is 0.717. The average molecular weight is 429 g/mol. The number of amides is 1. The first-order valence-electron chi connectivity index (χ1n) is 10.5. The van der Waals surface area contributed by atoms with Crippen molar-refractivity contribution in [1.29, 1.82) is 0 Å². The molecule has 1 amide bonds. The molecule has 1 heterocycles. The van der Waals surface area contributed by atoms with Gasteiger partial charge in [-0.3, -0.25) is 4.79 Å². The van der Waals surface area contributed by atoms with Gasteiger partial charge in [0, 0.05) is 30.4 Å². The van der Waals surface area contributed by atoms with Crippen molar-refractivity contribution in [3.05, 3.63) is 103 Å². The molecule has 0 radical (unpaired) electrons. The van der Waals surface area contributed by atoms with Gasteiger partial charge >= 0.3 is 0 Å². The van der Waals surface area contributed by atoms with E-state index in [1.54, 1.807) is 18.5 Å². The van der Waals surface area contributed by atoms with Gasteiger partial charge in [-0.2, -0.15) is 0 Å². The number of anilines is 1. The van der Waals surface area contributed by atoms with Gasteiger partial charge in [0.25, 0.3) is 0 Å². The summed E-state index contributed by atoms with van der Waals surface area (Å²) >= 11 is 0. The van der Waals surface area contributed by atoms with Gasteiger partial charge in [-0.1, -0.05) is 61.2 Å². The number of nitrogens with zero attached hydrogens (tertiary/aromatic N) is 1. The number of nitrogens with two attached hydrogens (primary N) is 1. The Labute approximate surface area is 188 Å². The fraction of sp³-hybridized carbons (Fsp3) is 0.154. The third-order valence-electron chi connectivity index (χ3n) is 4.80. The number of allylic oxidation sites excluding steroid dienone is 3. The lowest BCUT2D eigenvalue weighted by molar-refractivity contribution is -0.120. The Morgan fingerprint density at radius 1 is 1.19 bits per heavy atom. The Kier molecular flexibility index (Phi) is 8.45. The van der Waals surface area contributed by atoms with E-state index in [-0.39, 0.29) is 12.3 Å². The molecule has 0 atom stereocenters. The summed E-state index contributed by atoms with van der Waals surface area (Å²) in [7, 11) is 0. The zero-order valence-corrected chi connectivity index (χ0v) is 18.0. The minimum atomic E-state index is -0.0693. The van der Waals surface area contributed by atoms with E-state index in [1.165, 1.54) is 0 Å². The van der Waals surface area contributed by atoms with Gasteiger partial charge in [0.2, 0.25) is 5.91 Å². The van der Waals surface area contributed by atoms with Crippen molar-refractivity contribution >= 4 is 11.6 Å². The van der Waals surface area contributed by atoms with Gasteiger partial charge in [0.05, 0.1) is 25.0 Å². The lowest BCUT2D eigenvalue weighted by Gasteiger charge is -2.10. The second-order valence-corrected chi connectivity index (χ2v) is 7.11. The van der Waals surface area contributed by atoms with E-state index >= 15 is 0 Å². The smallest absolute Gasteiger partial charge is 0.224 e. The number of H-pyrrole nitrogens is 1. The van der Waals surface area contributed by atoms with Crippen LogP contribution in [0.25, 0.3) is 11.3 Å². The number of ether oxygens (including phenoxy) is 1. The minimum Gasteiger partial charge on any atom is -0.493 e. The van der Waals surface area contributed by atoms with E-state index in [9.17, 15) is 4.79 Å². The molecular weight excluding hydrogens is 400 g/mol. The zero-order chi connectivity index (χ0) is 22.6. The first-order chi connectivity index (χ1) is 15.7. The van der Waals surface area contributed by atoms with Crippen LogP contribution in [0.4, 0.5) is 5.69 Å². The van der Waals surface area contributed by atoms with E-state index < -0.39 is 0 Å². The van der Waals surface area contributed by atoms with Crippen LogP contribution >= 0.6 is 0 Å². The predicted octanol–water partition coefficient (Wildman–Crippen LogP) is 4.46. The molecule has 0 saturated carbocycles. The third kappa shape index (κ3) is 6.74. The Morgan fingerprint density at radius 2 is 2.00 bits per heavy atom. The van der Waals surface area contributed by atoms with Crippen LogP contribution in [0.3, 0.4) is 0 Å². The maximum atomic E-state index is 12.1. The highest BCUT2D eigenvalue weighted by Crippen LogP contribution is 2.28. The quantitative estimate of drug-likeness (QED) is 0.311. The zero-order valence-electron chi connectivity index (χ0n) is 18.0. The van der Waals surface area contributed by atoms with E-state index in [0.717, 1.165) is 28.1 Å². The molecule has 1 aromatic heterocycles. The van der Waals surface area contributed by atoms with E-state index in [0.29, 0.717) is 25.3 Å². The number of carbonyl (C=O) groups is 1. The molecule has 0 fully saturated rings. The summed E-state index contributed by atoms with van der Waals surface area (Å²) in [6.45, 7) is 4.72. The van der Waals surface area contributed by atoms with Gasteiger partial charge in [0.15, 0.2) is 0 Å². The monoisotopic (exact) mass is 428 g/mol. The Morgan fingerprint density at radius 3 is 2.78 bits per heavy atom. The van der Waals surface area contributed by atoms with Crippen molar-refractivity contribution in [2.75, 3.05) is 18.9 Å². The van der Waals surface area contributed by atoms with Gasteiger partial charge < -0.3 is 20.8 Å². The molecular formula is C26H28N4O2. The molecule has 6 heteroatoms. The first kappa shape index (κ1) is 22.6. The number of hydrogen-bond donors (Lipinski definition) is 3. The van der Waals surface area contributed by atoms with Crippen LogP contribution in [-0.2, 0) is 11.2 Å². The van der Waals surface area contributed by atoms with E-state index in [2.05, 4.69) is 21.9 Å². The molecule has 6 nitrogen and oxygen atoms in total. The molecule has 0 aliphatic rings. The summed E-state index contributed by atoms with van der Waals surface area (Å²) in [6.07, 6.45) is 12.0. The van der Waals surface area contributed by atoms with E-state index in [1.807, 2.05) is 66.9 Å². The molecule has 0 aliphatic heterocycles. The standard InChI is InChI=1S/C26H28N4O2/c1-2-8-20(9-7-15-29-26(31)17-21-10-3-5-12-23(21)27)14-16-32-25-13-6-4-11-22(25)24-18-28-19-30-24/h2-13,18-19H,1,14-17,27H2,(H,28,30)(H,29,31)/b9-7-,20-8+. The van der Waals surface area contributed by atoms with Gasteiger partial charge in [-0.25, -0.2) is 4.98 Å². The van der Waals surface area contributed by atoms with Crippen LogP contribution < -0.4 is 15.8 Å². The lowest BCUT2D eigenvalue weighted by atomic mass is 10.1. The summed E-state index contributed by atoms with van der Waals surface area (Å²) in [6, 6.07) is 15.2. The Hall–Kier alpha value is -4.06. The molecule has 164 valence electrons. The highest BCUT2D eigenvalue weighted by molar-refractivity contribution is 5.80. The summed E-state index contributed by atoms with van der Waals surface area (Å²) in [5.41, 5.74) is 10.2. The van der Waals surface area contributed by atoms with E-state index in [4.69, 9.17) is 10.5 Å². The summed E-state index contributed by atoms with van der Waals surface area (Å²) in [5, 5.41) is 2.89. The second-order valence-electron chi connectivity index (χ2n) is 7.11. The molecule has 3 aromatic rings. The van der Waals surface area contributed by atoms with Gasteiger partial charge in [0.1, 0.15) is 5.75 Å². The number of benzene rings is 2. The highest BCUT2D eigenvalue weighted by atomic mass is 16.5. The SMILES string of the molecule is C=C/C=C(\C=C/CNC(=O)Cc1ccccc1N)CCOc1ccccc1-c1c[nH]cn1. The maximum absolute atomic E-state index is 12.1. The molecule has 4 N–H and O–H groups in total. The summed E-state index contributed by atoms with van der Waals surface area (Å²) < 4.78 is 6.02. The topological polar surface area (TPSA) is 93.0 Å². The highest BCUT2D eigenvalue weighted by Gasteiger charge is 2.07. The van der Waals surface area contributed by atoms with Gasteiger partial charge in [-0.05, 0) is 29.3 Å². The fourth-order valence-corrected chi connectivity index (χ4v) is 3.18. The van der Waals surface area contributed by atoms with Crippen molar-refractivity contribution in [3.63, 3.8) is 0 Å². The number of carbonyl (C=O) groups excluding carboxylic acids is 1. The van der Waals surface area contributed by atoms with Crippen LogP contribution in [0, 0.1) is 0 Å².